The summed E-state index contributed by atoms with van der Waals surface area (Å²) < 4.78 is 83.5. The average Bonchev–Trinajstić information content (AvgIpc) is 3.64. The van der Waals surface area contributed by atoms with Gasteiger partial charge in [-0.2, -0.15) is 21.0 Å². The Bertz CT molecular complexity index is 2610. The first kappa shape index (κ1) is 37.7. The zero-order chi connectivity index (χ0) is 38.4. The Labute approximate surface area is 302 Å². The average molecular weight is 757 g/mol. The molecule has 0 aliphatic heterocycles. The Morgan fingerprint density at radius 2 is 1.42 bits per heavy atom. The molecule has 53 heavy (non-hydrogen) atoms. The van der Waals surface area contributed by atoms with Gasteiger partial charge in [0.15, 0.2) is 17.7 Å². The number of benzene rings is 4. The minimum absolute atomic E-state index is 0.0295. The number of hydrogen-bond acceptors (Lipinski definition) is 12. The summed E-state index contributed by atoms with van der Waals surface area (Å²) in [5, 5.41) is 35.1. The summed E-state index contributed by atoms with van der Waals surface area (Å²) in [5.74, 6) is -1.83. The van der Waals surface area contributed by atoms with Crippen LogP contribution in [0.25, 0.3) is 0 Å². The number of hydrogen-bond donors (Lipinski definition) is 1. The zero-order valence-corrected chi connectivity index (χ0v) is 29.0. The van der Waals surface area contributed by atoms with Crippen molar-refractivity contribution in [3.63, 3.8) is 0 Å². The maximum Gasteiger partial charge on any atom is 0.214 e. The Kier molecular flexibility index (Phi) is 11.2. The number of nitriles is 4. The molecule has 0 saturated heterocycles. The smallest absolute Gasteiger partial charge is 0.214 e. The molecule has 0 radical (unpaired) electrons. The predicted octanol–water partition coefficient (Wildman–Crippen LogP) is 6.77. The molecule has 2 aliphatic carbocycles. The summed E-state index contributed by atoms with van der Waals surface area (Å²) in [5.41, 5.74) is 1.56. The number of nitrogens with zero attached hydrogens (tertiary/aromatic N) is 6. The highest BCUT2D eigenvalue weighted by atomic mass is 32.2. The van der Waals surface area contributed by atoms with Crippen LogP contribution in [-0.2, 0) is 38.9 Å². The van der Waals surface area contributed by atoms with Crippen LogP contribution in [0.1, 0.15) is 55.0 Å². The highest BCUT2D eigenvalue weighted by Crippen LogP contribution is 2.39. The summed E-state index contributed by atoms with van der Waals surface area (Å²) in [6.07, 6.45) is 2.84. The number of thiol groups is 1. The van der Waals surface area contributed by atoms with Crippen molar-refractivity contribution < 1.29 is 40.7 Å². The van der Waals surface area contributed by atoms with Gasteiger partial charge in [0.2, 0.25) is 12.4 Å². The number of alkyl halides is 1. The number of ether oxygens (including phenoxy) is 2. The topological polar surface area (TPSA) is 207 Å². The van der Waals surface area contributed by atoms with Crippen LogP contribution in [0.3, 0.4) is 0 Å². The molecule has 0 spiro atoms. The van der Waals surface area contributed by atoms with Crippen molar-refractivity contribution in [3.05, 3.63) is 111 Å². The molecule has 3 atom stereocenters. The summed E-state index contributed by atoms with van der Waals surface area (Å²) in [6.45, 7) is 0. The van der Waals surface area contributed by atoms with Crippen molar-refractivity contribution in [3.8, 4) is 47.5 Å². The molecule has 0 saturated carbocycles. The van der Waals surface area contributed by atoms with E-state index in [1.807, 2.05) is 6.07 Å². The lowest BCUT2D eigenvalue weighted by molar-refractivity contribution is 0.0898. The maximum absolute atomic E-state index is 14.0. The SMILES string of the molecule is CS(=O)(=NC#N)c1ccc(Oc2cc(F)cc(C#N)c2)c2c1C(=O)CC2.N#CN=[SH](=O)Cc1ccc(Oc2cc(F)cc(C#N)c2)c2c1C(=O)C(F)C2. The van der Waals surface area contributed by atoms with Gasteiger partial charge in [-0.15, -0.1) is 8.73 Å². The molecule has 0 N–H and O–H groups in total. The van der Waals surface area contributed by atoms with Gasteiger partial charge in [-0.1, -0.05) is 6.07 Å². The van der Waals surface area contributed by atoms with Crippen molar-refractivity contribution in [2.45, 2.75) is 36.1 Å². The fraction of sp³-hybridized carbons (Fsp3) is 0.167. The number of carbonyl (C=O) groups excluding carboxylic acids is 2. The molecule has 4 aromatic carbocycles. The molecular formula is C36H23F3N6O6S2. The van der Waals surface area contributed by atoms with Crippen LogP contribution in [0.2, 0.25) is 0 Å². The molecule has 266 valence electrons. The van der Waals surface area contributed by atoms with E-state index in [9.17, 15) is 31.2 Å². The molecule has 0 bridgehead atoms. The largest absolute Gasteiger partial charge is 0.457 e. The molecule has 0 amide bonds. The number of fused-ring (bicyclic) bond motifs is 2. The van der Waals surface area contributed by atoms with E-state index < -0.39 is 43.9 Å². The van der Waals surface area contributed by atoms with Crippen molar-refractivity contribution in [2.75, 3.05) is 6.26 Å². The van der Waals surface area contributed by atoms with Gasteiger partial charge in [-0.05, 0) is 54.4 Å². The third-order valence-corrected chi connectivity index (χ3v) is 10.4. The van der Waals surface area contributed by atoms with Gasteiger partial charge in [0.05, 0.1) is 54.2 Å². The summed E-state index contributed by atoms with van der Waals surface area (Å²) in [6, 6.07) is 16.5. The van der Waals surface area contributed by atoms with Crippen molar-refractivity contribution >= 4 is 31.9 Å². The third kappa shape index (κ3) is 8.35. The predicted molar refractivity (Wildman–Crippen MR) is 182 cm³/mol. The quantitative estimate of drug-likeness (QED) is 0.155. The van der Waals surface area contributed by atoms with E-state index in [0.29, 0.717) is 23.3 Å². The van der Waals surface area contributed by atoms with Gasteiger partial charge in [0, 0.05) is 53.5 Å². The zero-order valence-electron chi connectivity index (χ0n) is 27.3. The van der Waals surface area contributed by atoms with Gasteiger partial charge < -0.3 is 9.47 Å². The fourth-order valence-electron chi connectivity index (χ4n) is 5.76. The molecule has 6 rings (SSSR count). The molecule has 0 aromatic heterocycles. The van der Waals surface area contributed by atoms with Gasteiger partial charge >= 0.3 is 0 Å². The minimum atomic E-state index is -3.04. The lowest BCUT2D eigenvalue weighted by Crippen LogP contribution is -2.10. The summed E-state index contributed by atoms with van der Waals surface area (Å²) in [7, 11) is -5.29. The van der Waals surface area contributed by atoms with E-state index in [0.717, 1.165) is 24.3 Å². The molecule has 0 heterocycles. The minimum Gasteiger partial charge on any atom is -0.457 e. The number of halogens is 3. The van der Waals surface area contributed by atoms with Crippen LogP contribution in [0.5, 0.6) is 23.0 Å². The second-order valence-corrected chi connectivity index (χ2v) is 14.9. The van der Waals surface area contributed by atoms with Gasteiger partial charge in [0.1, 0.15) is 34.6 Å². The second kappa shape index (κ2) is 15.8. The monoisotopic (exact) mass is 756 g/mol. The van der Waals surface area contributed by atoms with Crippen molar-refractivity contribution in [2.24, 2.45) is 8.73 Å². The Morgan fingerprint density at radius 3 is 1.98 bits per heavy atom. The molecule has 3 unspecified atom stereocenters. The number of rotatable bonds is 7. The highest BCUT2D eigenvalue weighted by molar-refractivity contribution is 7.93. The normalized spacial score (nSPS) is 15.6. The molecule has 17 heteroatoms. The van der Waals surface area contributed by atoms with E-state index in [-0.39, 0.29) is 74.3 Å². The number of carbonyl (C=O) groups is 2. The van der Waals surface area contributed by atoms with E-state index >= 15 is 0 Å². The van der Waals surface area contributed by atoms with Crippen LogP contribution in [0.4, 0.5) is 13.2 Å². The maximum atomic E-state index is 14.0. The van der Waals surface area contributed by atoms with Gasteiger partial charge in [-0.3, -0.25) is 13.8 Å². The van der Waals surface area contributed by atoms with E-state index in [2.05, 4.69) is 8.73 Å². The lowest BCUT2D eigenvalue weighted by Gasteiger charge is -2.14. The Balaban J connectivity index is 0.000000204. The number of ketones is 2. The number of Topliss-reactive ketones (excluding diaryl/α,β-unsaturated/α-hetero) is 2. The van der Waals surface area contributed by atoms with Gasteiger partial charge in [0.25, 0.3) is 0 Å². The van der Waals surface area contributed by atoms with Crippen molar-refractivity contribution in [1.29, 1.82) is 21.0 Å². The standard InChI is InChI=1S/C18H11F2N3O3S.C18H12FN3O3S/c19-12-3-10(7-21)4-13(5-12)26-16-2-1-11(8-27(25)23-9-22)17-14(16)6-15(20)18(17)24;1-26(24,22-10-21)17-5-4-16(14-2-3-15(23)18(14)17)25-13-7-11(9-20)6-12(19)8-13/h1-5,15,27H,6,8H2;4-8H,2-3H2,1H3. The molecule has 0 fully saturated rings. The lowest BCUT2D eigenvalue weighted by atomic mass is 10.0. The van der Waals surface area contributed by atoms with Crippen LogP contribution in [-0.4, -0.2) is 32.4 Å². The van der Waals surface area contributed by atoms with Crippen LogP contribution >= 0.6 is 0 Å². The Hall–Kier alpha value is -6.53. The summed E-state index contributed by atoms with van der Waals surface area (Å²) in [4.78, 5) is 24.7. The second-order valence-electron chi connectivity index (χ2n) is 11.4. The molecular weight excluding hydrogens is 734 g/mol. The first-order chi connectivity index (χ1) is 25.3. The van der Waals surface area contributed by atoms with E-state index in [4.69, 9.17) is 30.5 Å². The summed E-state index contributed by atoms with van der Waals surface area (Å²) >= 11 is 0. The highest BCUT2D eigenvalue weighted by Gasteiger charge is 2.35. The first-order valence-corrected chi connectivity index (χ1v) is 18.5. The molecule has 12 nitrogen and oxygen atoms in total. The van der Waals surface area contributed by atoms with Crippen LogP contribution < -0.4 is 9.47 Å². The van der Waals surface area contributed by atoms with E-state index in [1.54, 1.807) is 6.07 Å². The van der Waals surface area contributed by atoms with Crippen LogP contribution in [0.15, 0.2) is 74.3 Å². The van der Waals surface area contributed by atoms with E-state index in [1.165, 1.54) is 55.0 Å². The van der Waals surface area contributed by atoms with Gasteiger partial charge in [-0.25, -0.2) is 17.4 Å². The third-order valence-electron chi connectivity index (χ3n) is 7.92. The molecule has 4 aromatic rings. The van der Waals surface area contributed by atoms with Crippen LogP contribution in [0, 0.1) is 57.2 Å². The molecule has 2 aliphatic rings. The first-order valence-electron chi connectivity index (χ1n) is 15.2. The Morgan fingerprint density at radius 1 is 0.830 bits per heavy atom. The van der Waals surface area contributed by atoms with Crippen molar-refractivity contribution in [1.82, 2.24) is 0 Å². The fourth-order valence-corrected chi connectivity index (χ4v) is 7.68.